The van der Waals surface area contributed by atoms with E-state index in [0.29, 0.717) is 16.6 Å². The first-order chi connectivity index (χ1) is 5.52. The monoisotopic (exact) mass is 185 g/mol. The molecular weight excluding hydrogens is 174 g/mol. The molecule has 0 fully saturated rings. The lowest BCUT2D eigenvalue weighted by Crippen LogP contribution is -1.92. The van der Waals surface area contributed by atoms with Crippen LogP contribution in [0.15, 0.2) is 12.1 Å². The van der Waals surface area contributed by atoms with Crippen molar-refractivity contribution in [2.45, 2.75) is 19.8 Å². The van der Waals surface area contributed by atoms with Gasteiger partial charge in [0.1, 0.15) is 0 Å². The van der Waals surface area contributed by atoms with Crippen LogP contribution in [0.5, 0.6) is 5.75 Å². The van der Waals surface area contributed by atoms with Crippen molar-refractivity contribution in [3.8, 4) is 5.75 Å². The molecule has 3 N–H and O–H groups in total. The van der Waals surface area contributed by atoms with Crippen molar-refractivity contribution in [2.24, 2.45) is 0 Å². The van der Waals surface area contributed by atoms with Gasteiger partial charge in [-0.05, 0) is 23.6 Å². The maximum Gasteiger partial charge on any atom is 0.157 e. The number of rotatable bonds is 1. The van der Waals surface area contributed by atoms with Gasteiger partial charge in [-0.1, -0.05) is 25.4 Å². The summed E-state index contributed by atoms with van der Waals surface area (Å²) >= 11 is 5.73. The van der Waals surface area contributed by atoms with Gasteiger partial charge in [-0.2, -0.15) is 0 Å². The molecule has 2 nitrogen and oxygen atoms in total. The van der Waals surface area contributed by atoms with Crippen molar-refractivity contribution in [1.82, 2.24) is 0 Å². The minimum atomic E-state index is -0.0268. The first-order valence-electron chi connectivity index (χ1n) is 3.80. The van der Waals surface area contributed by atoms with E-state index in [4.69, 9.17) is 17.3 Å². The van der Waals surface area contributed by atoms with E-state index in [1.165, 1.54) is 0 Å². The van der Waals surface area contributed by atoms with Crippen molar-refractivity contribution in [2.75, 3.05) is 5.73 Å². The number of benzene rings is 1. The lowest BCUT2D eigenvalue weighted by atomic mass is 10.0. The predicted molar refractivity (Wildman–Crippen MR) is 51.6 cm³/mol. The number of hydrogen-bond acceptors (Lipinski definition) is 2. The second kappa shape index (κ2) is 3.23. The topological polar surface area (TPSA) is 46.2 Å². The van der Waals surface area contributed by atoms with E-state index in [1.54, 1.807) is 12.1 Å². The van der Waals surface area contributed by atoms with Crippen LogP contribution in [0.3, 0.4) is 0 Å². The van der Waals surface area contributed by atoms with Crippen LogP contribution in [-0.4, -0.2) is 5.11 Å². The summed E-state index contributed by atoms with van der Waals surface area (Å²) in [5.74, 6) is 0.339. The Bertz CT molecular complexity index is 274. The number of nitrogen functional groups attached to an aromatic ring is 1. The zero-order valence-electron chi connectivity index (χ0n) is 7.13. The van der Waals surface area contributed by atoms with Crippen LogP contribution < -0.4 is 5.73 Å². The molecule has 1 aromatic rings. The third-order valence-electron chi connectivity index (χ3n) is 1.78. The summed E-state index contributed by atoms with van der Waals surface area (Å²) in [6.07, 6.45) is 0. The Morgan fingerprint density at radius 3 is 2.42 bits per heavy atom. The molecule has 12 heavy (non-hydrogen) atoms. The van der Waals surface area contributed by atoms with E-state index in [1.807, 2.05) is 13.8 Å². The van der Waals surface area contributed by atoms with Crippen LogP contribution in [0.2, 0.25) is 5.02 Å². The molecule has 1 rings (SSSR count). The standard InChI is InChI=1S/C9H12ClNO/c1-5(2)6-3-7(10)9(12)8(11)4-6/h3-5,12H,11H2,1-2H3. The van der Waals surface area contributed by atoms with Crippen molar-refractivity contribution in [3.63, 3.8) is 0 Å². The second-order valence-electron chi connectivity index (χ2n) is 3.10. The minimum absolute atomic E-state index is 0.0268. The largest absolute Gasteiger partial charge is 0.504 e. The second-order valence-corrected chi connectivity index (χ2v) is 3.50. The number of phenolic OH excluding ortho intramolecular Hbond substituents is 1. The highest BCUT2D eigenvalue weighted by Gasteiger charge is 2.07. The molecule has 0 atom stereocenters. The smallest absolute Gasteiger partial charge is 0.157 e. The minimum Gasteiger partial charge on any atom is -0.504 e. The summed E-state index contributed by atoms with van der Waals surface area (Å²) in [5, 5.41) is 9.57. The fraction of sp³-hybridized carbons (Fsp3) is 0.333. The van der Waals surface area contributed by atoms with E-state index in [0.717, 1.165) is 5.56 Å². The third kappa shape index (κ3) is 1.64. The van der Waals surface area contributed by atoms with Crippen molar-refractivity contribution in [3.05, 3.63) is 22.7 Å². The molecular formula is C9H12ClNO. The summed E-state index contributed by atoms with van der Waals surface area (Å²) in [6, 6.07) is 3.48. The zero-order valence-corrected chi connectivity index (χ0v) is 7.89. The Kier molecular flexibility index (Phi) is 2.48. The van der Waals surface area contributed by atoms with Crippen molar-refractivity contribution >= 4 is 17.3 Å². The Morgan fingerprint density at radius 1 is 1.42 bits per heavy atom. The lowest BCUT2D eigenvalue weighted by Gasteiger charge is -2.08. The molecule has 0 bridgehead atoms. The number of hydrogen-bond donors (Lipinski definition) is 2. The van der Waals surface area contributed by atoms with Crippen LogP contribution in [0.4, 0.5) is 5.69 Å². The highest BCUT2D eigenvalue weighted by molar-refractivity contribution is 6.32. The number of halogens is 1. The molecule has 0 aromatic heterocycles. The molecule has 0 aliphatic heterocycles. The molecule has 0 saturated carbocycles. The lowest BCUT2D eigenvalue weighted by molar-refractivity contribution is 0.478. The van der Waals surface area contributed by atoms with Gasteiger partial charge >= 0.3 is 0 Å². The summed E-state index contributed by atoms with van der Waals surface area (Å²) in [7, 11) is 0. The van der Waals surface area contributed by atoms with Crippen LogP contribution in [0.25, 0.3) is 0 Å². The van der Waals surface area contributed by atoms with Gasteiger partial charge < -0.3 is 10.8 Å². The van der Waals surface area contributed by atoms with E-state index >= 15 is 0 Å². The number of nitrogens with two attached hydrogens (primary N) is 1. The summed E-state index contributed by atoms with van der Waals surface area (Å²) in [4.78, 5) is 0. The quantitative estimate of drug-likeness (QED) is 0.522. The molecule has 1 aromatic carbocycles. The van der Waals surface area contributed by atoms with E-state index in [-0.39, 0.29) is 5.75 Å². The molecule has 66 valence electrons. The Hall–Kier alpha value is -0.890. The number of anilines is 1. The van der Waals surface area contributed by atoms with Gasteiger partial charge in [0.15, 0.2) is 5.75 Å². The van der Waals surface area contributed by atoms with Crippen molar-refractivity contribution < 1.29 is 5.11 Å². The van der Waals surface area contributed by atoms with E-state index in [2.05, 4.69) is 0 Å². The third-order valence-corrected chi connectivity index (χ3v) is 2.07. The number of aromatic hydroxyl groups is 1. The first-order valence-corrected chi connectivity index (χ1v) is 4.18. The maximum absolute atomic E-state index is 9.26. The molecule has 0 heterocycles. The fourth-order valence-corrected chi connectivity index (χ4v) is 1.21. The first kappa shape index (κ1) is 9.20. The van der Waals surface area contributed by atoms with Crippen molar-refractivity contribution in [1.29, 1.82) is 0 Å². The summed E-state index contributed by atoms with van der Waals surface area (Å²) in [6.45, 7) is 4.09. The van der Waals surface area contributed by atoms with Crippen LogP contribution >= 0.6 is 11.6 Å². The molecule has 0 aliphatic rings. The van der Waals surface area contributed by atoms with Gasteiger partial charge in [-0.25, -0.2) is 0 Å². The highest BCUT2D eigenvalue weighted by atomic mass is 35.5. The normalized spacial score (nSPS) is 10.7. The summed E-state index contributed by atoms with van der Waals surface area (Å²) < 4.78 is 0. The van der Waals surface area contributed by atoms with Gasteiger partial charge in [0.25, 0.3) is 0 Å². The molecule has 0 spiro atoms. The molecule has 0 unspecified atom stereocenters. The summed E-state index contributed by atoms with van der Waals surface area (Å²) in [5.41, 5.74) is 6.90. The van der Waals surface area contributed by atoms with E-state index < -0.39 is 0 Å². The Balaban J connectivity index is 3.21. The van der Waals surface area contributed by atoms with Crippen LogP contribution in [0, 0.1) is 0 Å². The van der Waals surface area contributed by atoms with Gasteiger partial charge in [0.2, 0.25) is 0 Å². The van der Waals surface area contributed by atoms with Gasteiger partial charge in [0, 0.05) is 0 Å². The average Bonchev–Trinajstić information content (AvgIpc) is 1.99. The number of phenols is 1. The molecule has 3 heteroatoms. The van der Waals surface area contributed by atoms with E-state index in [9.17, 15) is 5.11 Å². The molecule has 0 amide bonds. The van der Waals surface area contributed by atoms with Gasteiger partial charge in [0.05, 0.1) is 10.7 Å². The molecule has 0 radical (unpaired) electrons. The Morgan fingerprint density at radius 2 is 2.00 bits per heavy atom. The van der Waals surface area contributed by atoms with Gasteiger partial charge in [-0.3, -0.25) is 0 Å². The Labute approximate surface area is 77.0 Å². The van der Waals surface area contributed by atoms with Crippen LogP contribution in [-0.2, 0) is 0 Å². The maximum atomic E-state index is 9.26. The predicted octanol–water partition coefficient (Wildman–Crippen LogP) is 2.75. The fourth-order valence-electron chi connectivity index (χ4n) is 0.975. The zero-order chi connectivity index (χ0) is 9.30. The average molecular weight is 186 g/mol. The highest BCUT2D eigenvalue weighted by Crippen LogP contribution is 2.33. The molecule has 0 aliphatic carbocycles. The van der Waals surface area contributed by atoms with Gasteiger partial charge in [-0.15, -0.1) is 0 Å². The van der Waals surface area contributed by atoms with Crippen LogP contribution in [0.1, 0.15) is 25.3 Å². The SMILES string of the molecule is CC(C)c1cc(N)c(O)c(Cl)c1. The molecule has 0 saturated heterocycles.